The van der Waals surface area contributed by atoms with Gasteiger partial charge in [-0.2, -0.15) is 0 Å². The lowest BCUT2D eigenvalue weighted by Gasteiger charge is -2.23. The first-order chi connectivity index (χ1) is 12.1. The molecular formula is C20H22ClN2O2+. The molecule has 0 radical (unpaired) electrons. The van der Waals surface area contributed by atoms with E-state index in [1.54, 1.807) is 31.4 Å². The molecule has 0 saturated heterocycles. The molecule has 1 aliphatic rings. The first-order valence-corrected chi connectivity index (χ1v) is 8.82. The zero-order valence-electron chi connectivity index (χ0n) is 14.2. The Morgan fingerprint density at radius 3 is 2.64 bits per heavy atom. The number of nitrogens with two attached hydrogens (primary N) is 1. The third kappa shape index (κ3) is 4.02. The van der Waals surface area contributed by atoms with Crippen LogP contribution in [-0.4, -0.2) is 18.7 Å². The van der Waals surface area contributed by atoms with Crippen LogP contribution in [0, 0.1) is 0 Å². The molecule has 1 atom stereocenters. The lowest BCUT2D eigenvalue weighted by molar-refractivity contribution is -0.121. The highest BCUT2D eigenvalue weighted by Crippen LogP contribution is 2.36. The lowest BCUT2D eigenvalue weighted by Crippen LogP contribution is -2.44. The van der Waals surface area contributed by atoms with Crippen molar-refractivity contribution in [1.29, 1.82) is 0 Å². The molecule has 4 nitrogen and oxygen atoms in total. The van der Waals surface area contributed by atoms with Gasteiger partial charge in [0.15, 0.2) is 5.71 Å². The zero-order valence-corrected chi connectivity index (χ0v) is 15.0. The fraction of sp³-hybridized carbons (Fsp3) is 0.300. The molecule has 5 heteroatoms. The van der Waals surface area contributed by atoms with Gasteiger partial charge in [0.25, 0.3) is 5.91 Å². The smallest absolute Gasteiger partial charge is 0.255 e. The summed E-state index contributed by atoms with van der Waals surface area (Å²) in [5.74, 6) is 0.736. The van der Waals surface area contributed by atoms with Crippen LogP contribution < -0.4 is 15.5 Å². The second kappa shape index (κ2) is 7.70. The first kappa shape index (κ1) is 17.5. The second-order valence-electron chi connectivity index (χ2n) is 6.29. The highest BCUT2D eigenvalue weighted by atomic mass is 35.5. The van der Waals surface area contributed by atoms with Crippen LogP contribution in [0.1, 0.15) is 47.5 Å². The Hall–Kier alpha value is -2.33. The molecule has 2 aromatic rings. The van der Waals surface area contributed by atoms with Gasteiger partial charge in [0.1, 0.15) is 5.75 Å². The van der Waals surface area contributed by atoms with Gasteiger partial charge in [-0.1, -0.05) is 18.0 Å². The summed E-state index contributed by atoms with van der Waals surface area (Å²) in [6.07, 6.45) is 4.17. The van der Waals surface area contributed by atoms with E-state index in [1.165, 1.54) is 0 Å². The number of benzene rings is 2. The number of carbonyl (C=O) groups excluding carboxylic acids is 1. The number of hydrogen-bond acceptors (Lipinski definition) is 2. The van der Waals surface area contributed by atoms with Crippen molar-refractivity contribution < 1.29 is 14.9 Å². The van der Waals surface area contributed by atoms with Crippen molar-refractivity contribution in [3.05, 3.63) is 58.6 Å². The first-order valence-electron chi connectivity index (χ1n) is 8.44. The number of hydrogen-bond donors (Lipinski definition) is 2. The molecule has 2 aromatic carbocycles. The van der Waals surface area contributed by atoms with E-state index in [0.29, 0.717) is 10.6 Å². The van der Waals surface area contributed by atoms with E-state index in [1.807, 2.05) is 18.2 Å². The number of ether oxygens (including phenoxy) is 1. The normalized spacial score (nSPS) is 17.2. The number of nitrogens with one attached hydrogen (secondary N) is 1. The van der Waals surface area contributed by atoms with Crippen molar-refractivity contribution in [3.63, 3.8) is 0 Å². The quantitative estimate of drug-likeness (QED) is 0.880. The Morgan fingerprint density at radius 1 is 1.20 bits per heavy atom. The molecular weight excluding hydrogens is 336 g/mol. The summed E-state index contributed by atoms with van der Waals surface area (Å²) >= 11 is 5.89. The van der Waals surface area contributed by atoms with Gasteiger partial charge in [-0.25, -0.2) is 0 Å². The van der Waals surface area contributed by atoms with E-state index in [-0.39, 0.29) is 11.8 Å². The van der Waals surface area contributed by atoms with Crippen molar-refractivity contribution in [2.24, 2.45) is 0 Å². The molecule has 0 bridgehead atoms. The second-order valence-corrected chi connectivity index (χ2v) is 6.72. The van der Waals surface area contributed by atoms with Gasteiger partial charge in [0.05, 0.1) is 13.0 Å². The van der Waals surface area contributed by atoms with Gasteiger partial charge in [-0.3, -0.25) is 10.2 Å². The largest absolute Gasteiger partial charge is 0.497 e. The Morgan fingerprint density at radius 2 is 1.96 bits per heavy atom. The van der Waals surface area contributed by atoms with Crippen molar-refractivity contribution in [3.8, 4) is 5.75 Å². The minimum absolute atomic E-state index is 0.143. The Labute approximate surface area is 152 Å². The van der Waals surface area contributed by atoms with Crippen LogP contribution in [0.2, 0.25) is 5.02 Å². The van der Waals surface area contributed by atoms with Crippen LogP contribution in [0.5, 0.6) is 5.75 Å². The van der Waals surface area contributed by atoms with E-state index in [0.717, 1.165) is 48.4 Å². The number of anilines is 1. The molecule has 1 amide bonds. The summed E-state index contributed by atoms with van der Waals surface area (Å²) in [4.78, 5) is 12.6. The third-order valence-electron chi connectivity index (χ3n) is 4.64. The monoisotopic (exact) mass is 357 g/mol. The van der Waals surface area contributed by atoms with E-state index in [9.17, 15) is 4.79 Å². The van der Waals surface area contributed by atoms with Crippen molar-refractivity contribution in [1.82, 2.24) is 0 Å². The predicted molar refractivity (Wildman–Crippen MR) is 101 cm³/mol. The number of rotatable bonds is 4. The van der Waals surface area contributed by atoms with Crippen LogP contribution in [-0.2, 0) is 0 Å². The highest BCUT2D eigenvalue weighted by Gasteiger charge is 2.28. The van der Waals surface area contributed by atoms with E-state index >= 15 is 0 Å². The molecule has 0 aliphatic heterocycles. The number of amides is 1. The van der Waals surface area contributed by atoms with E-state index in [2.05, 4.69) is 5.32 Å². The van der Waals surface area contributed by atoms with E-state index in [4.69, 9.17) is 21.7 Å². The molecule has 25 heavy (non-hydrogen) atoms. The minimum atomic E-state index is -0.169. The fourth-order valence-corrected chi connectivity index (χ4v) is 3.38. The van der Waals surface area contributed by atoms with Gasteiger partial charge in [0, 0.05) is 22.7 Å². The minimum Gasteiger partial charge on any atom is -0.497 e. The number of methoxy groups -OCH3 is 1. The van der Waals surface area contributed by atoms with Gasteiger partial charge >= 0.3 is 0 Å². The molecule has 1 saturated carbocycles. The van der Waals surface area contributed by atoms with Gasteiger partial charge in [-0.05, 0) is 60.9 Å². The average Bonchev–Trinajstić information content (AvgIpc) is 2.63. The molecule has 0 heterocycles. The Balaban J connectivity index is 1.90. The molecule has 1 unspecified atom stereocenters. The van der Waals surface area contributed by atoms with Crippen LogP contribution in [0.15, 0.2) is 42.5 Å². The maximum absolute atomic E-state index is 12.6. The maximum atomic E-state index is 12.6. The summed E-state index contributed by atoms with van der Waals surface area (Å²) in [6.45, 7) is 0. The van der Waals surface area contributed by atoms with Crippen LogP contribution in [0.3, 0.4) is 0 Å². The summed E-state index contributed by atoms with van der Waals surface area (Å²) in [7, 11) is 1.64. The fourth-order valence-electron chi connectivity index (χ4n) is 3.26. The molecule has 3 N–H and O–H groups in total. The maximum Gasteiger partial charge on any atom is 0.255 e. The van der Waals surface area contributed by atoms with Gasteiger partial charge in [-0.15, -0.1) is 0 Å². The topological polar surface area (TPSA) is 63.9 Å². The van der Waals surface area contributed by atoms with Crippen LogP contribution in [0.4, 0.5) is 5.69 Å². The molecule has 1 aliphatic carbocycles. The summed E-state index contributed by atoms with van der Waals surface area (Å²) in [5.41, 5.74) is 3.32. The average molecular weight is 358 g/mol. The Kier molecular flexibility index (Phi) is 5.39. The van der Waals surface area contributed by atoms with Crippen molar-refractivity contribution in [2.45, 2.75) is 31.6 Å². The van der Waals surface area contributed by atoms with Gasteiger partial charge < -0.3 is 10.1 Å². The molecule has 1 fully saturated rings. The number of carbonyl (C=O) groups is 1. The molecule has 130 valence electrons. The van der Waals surface area contributed by atoms with Crippen LogP contribution >= 0.6 is 11.6 Å². The summed E-state index contributed by atoms with van der Waals surface area (Å²) < 4.78 is 5.36. The predicted octanol–water partition coefficient (Wildman–Crippen LogP) is 3.46. The highest BCUT2D eigenvalue weighted by molar-refractivity contribution is 6.30. The number of halogens is 1. The third-order valence-corrected chi connectivity index (χ3v) is 4.90. The standard InChI is InChI=1S/C20H21ClN2O2/c1-25-15-10-11-19(17(12-15)16-4-2-3-5-18(16)22)23-20(24)13-6-8-14(21)9-7-13/h6-12,16,22H,2-5H2,1H3,(H,23,24)/p+1. The SMILES string of the molecule is COc1ccc(NC(=O)c2ccc(Cl)cc2)c(C2CCCCC2=[NH2+])c1. The van der Waals surface area contributed by atoms with Crippen LogP contribution in [0.25, 0.3) is 0 Å². The zero-order chi connectivity index (χ0) is 17.8. The van der Waals surface area contributed by atoms with Crippen molar-refractivity contribution in [2.75, 3.05) is 12.4 Å². The molecule has 0 aromatic heterocycles. The lowest BCUT2D eigenvalue weighted by atomic mass is 9.81. The van der Waals surface area contributed by atoms with Crippen molar-refractivity contribution >= 4 is 28.9 Å². The molecule has 3 rings (SSSR count). The summed E-state index contributed by atoms with van der Waals surface area (Å²) in [5, 5.41) is 9.89. The Bertz CT molecular complexity index is 787. The van der Waals surface area contributed by atoms with E-state index < -0.39 is 0 Å². The van der Waals surface area contributed by atoms with Gasteiger partial charge in [0.2, 0.25) is 0 Å². The molecule has 0 spiro atoms. The summed E-state index contributed by atoms with van der Waals surface area (Å²) in [6, 6.07) is 12.5.